The number of hydrogen-bond donors (Lipinski definition) is 1. The summed E-state index contributed by atoms with van der Waals surface area (Å²) >= 11 is 6.23. The van der Waals surface area contributed by atoms with Crippen molar-refractivity contribution in [2.45, 2.75) is 19.1 Å². The summed E-state index contributed by atoms with van der Waals surface area (Å²) in [5.74, 6) is 0.145. The minimum absolute atomic E-state index is 0.294. The number of carbonyl (C=O) groups is 1. The van der Waals surface area contributed by atoms with E-state index in [4.69, 9.17) is 16.3 Å². The van der Waals surface area contributed by atoms with Crippen molar-refractivity contribution in [3.63, 3.8) is 0 Å². The van der Waals surface area contributed by atoms with Crippen LogP contribution in [0.15, 0.2) is 67.0 Å². The van der Waals surface area contributed by atoms with E-state index in [2.05, 4.69) is 10.3 Å². The predicted octanol–water partition coefficient (Wildman–Crippen LogP) is 4.09. The van der Waals surface area contributed by atoms with Crippen molar-refractivity contribution >= 4 is 23.5 Å². The Labute approximate surface area is 157 Å². The van der Waals surface area contributed by atoms with Gasteiger partial charge in [0, 0.05) is 24.5 Å². The molecule has 0 fully saturated rings. The zero-order valence-electron chi connectivity index (χ0n) is 14.6. The number of halogens is 1. The number of amides is 1. The molecular formula is C20H20ClN3O2. The van der Waals surface area contributed by atoms with E-state index in [1.165, 1.54) is 7.11 Å². The highest BCUT2D eigenvalue weighted by atomic mass is 35.5. The minimum Gasteiger partial charge on any atom is -0.364 e. The van der Waals surface area contributed by atoms with Crippen LogP contribution in [-0.4, -0.2) is 22.6 Å². The Hall–Kier alpha value is -2.63. The maximum atomic E-state index is 12.9. The van der Waals surface area contributed by atoms with Gasteiger partial charge in [-0.15, -0.1) is 0 Å². The molecule has 26 heavy (non-hydrogen) atoms. The summed E-state index contributed by atoms with van der Waals surface area (Å²) in [4.78, 5) is 17.2. The van der Waals surface area contributed by atoms with E-state index >= 15 is 0 Å². The van der Waals surface area contributed by atoms with E-state index in [9.17, 15) is 4.79 Å². The summed E-state index contributed by atoms with van der Waals surface area (Å²) in [7, 11) is 1.52. The maximum absolute atomic E-state index is 12.9. The third kappa shape index (κ3) is 3.64. The molecular weight excluding hydrogens is 350 g/mol. The van der Waals surface area contributed by atoms with Gasteiger partial charge in [-0.2, -0.15) is 0 Å². The molecule has 2 aromatic carbocycles. The van der Waals surface area contributed by atoms with Gasteiger partial charge in [0.1, 0.15) is 0 Å². The van der Waals surface area contributed by atoms with Gasteiger partial charge in [0.05, 0.1) is 6.54 Å². The van der Waals surface area contributed by atoms with Gasteiger partial charge in [-0.25, -0.2) is 4.98 Å². The molecule has 0 radical (unpaired) electrons. The van der Waals surface area contributed by atoms with E-state index in [1.807, 2.05) is 59.2 Å². The number of anilines is 1. The van der Waals surface area contributed by atoms with Crippen LogP contribution in [0.5, 0.6) is 0 Å². The Morgan fingerprint density at radius 3 is 2.58 bits per heavy atom. The molecule has 134 valence electrons. The van der Waals surface area contributed by atoms with Gasteiger partial charge in [0.2, 0.25) is 5.95 Å². The molecule has 0 spiro atoms. The number of methoxy groups -OCH3 is 1. The van der Waals surface area contributed by atoms with Crippen LogP contribution >= 0.6 is 11.6 Å². The first-order valence-corrected chi connectivity index (χ1v) is 8.59. The molecule has 3 aromatic rings. The molecule has 1 unspecified atom stereocenters. The zero-order chi connectivity index (χ0) is 18.6. The van der Waals surface area contributed by atoms with E-state index in [0.717, 1.165) is 11.1 Å². The summed E-state index contributed by atoms with van der Waals surface area (Å²) in [5, 5.41) is 3.54. The van der Waals surface area contributed by atoms with Gasteiger partial charge in [-0.1, -0.05) is 60.1 Å². The minimum atomic E-state index is -1.12. The first-order chi connectivity index (χ1) is 12.5. The predicted molar refractivity (Wildman–Crippen MR) is 102 cm³/mol. The van der Waals surface area contributed by atoms with E-state index in [0.29, 0.717) is 17.5 Å². The van der Waals surface area contributed by atoms with E-state index in [-0.39, 0.29) is 5.91 Å². The number of ether oxygens (including phenoxy) is 1. The number of hydrogen-bond acceptors (Lipinski definition) is 3. The summed E-state index contributed by atoms with van der Waals surface area (Å²) < 4.78 is 7.38. The van der Waals surface area contributed by atoms with Crippen LogP contribution in [0.2, 0.25) is 5.02 Å². The highest BCUT2D eigenvalue weighted by Gasteiger charge is 2.35. The lowest BCUT2D eigenvalue weighted by Gasteiger charge is -2.27. The molecule has 5 nitrogen and oxygen atoms in total. The molecule has 1 aromatic heterocycles. The Bertz CT molecular complexity index is 895. The summed E-state index contributed by atoms with van der Waals surface area (Å²) in [5.41, 5.74) is 0.590. The lowest BCUT2D eigenvalue weighted by Crippen LogP contribution is -2.40. The van der Waals surface area contributed by atoms with E-state index < -0.39 is 5.60 Å². The molecule has 0 aliphatic rings. The maximum Gasteiger partial charge on any atom is 0.263 e. The van der Waals surface area contributed by atoms with Crippen molar-refractivity contribution < 1.29 is 9.53 Å². The Kier molecular flexibility index (Phi) is 5.40. The molecule has 1 N–H and O–H groups in total. The lowest BCUT2D eigenvalue weighted by molar-refractivity contribution is -0.136. The monoisotopic (exact) mass is 369 g/mol. The number of carbonyl (C=O) groups excluding carboxylic acids is 1. The van der Waals surface area contributed by atoms with Crippen LogP contribution in [0, 0.1) is 0 Å². The number of nitrogens with zero attached hydrogens (tertiary/aromatic N) is 2. The van der Waals surface area contributed by atoms with Crippen molar-refractivity contribution in [2.75, 3.05) is 12.4 Å². The van der Waals surface area contributed by atoms with Crippen LogP contribution < -0.4 is 5.32 Å². The fraction of sp³-hybridized carbons (Fsp3) is 0.200. The summed E-state index contributed by atoms with van der Waals surface area (Å²) in [6.07, 6.45) is 3.44. The Balaban J connectivity index is 1.82. The molecule has 0 saturated heterocycles. The SMILES string of the molecule is COC(C)(C(=O)Nc1nccn1Cc1ccccc1Cl)c1ccccc1. The fourth-order valence-electron chi connectivity index (χ4n) is 2.69. The third-order valence-electron chi connectivity index (χ3n) is 4.41. The first-order valence-electron chi connectivity index (χ1n) is 8.21. The van der Waals surface area contributed by atoms with Crippen LogP contribution in [-0.2, 0) is 21.7 Å². The normalized spacial score (nSPS) is 13.2. The summed E-state index contributed by atoms with van der Waals surface area (Å²) in [6.45, 7) is 2.24. The molecule has 0 bridgehead atoms. The zero-order valence-corrected chi connectivity index (χ0v) is 15.4. The highest BCUT2D eigenvalue weighted by molar-refractivity contribution is 6.31. The van der Waals surface area contributed by atoms with Crippen molar-refractivity contribution in [1.82, 2.24) is 9.55 Å². The van der Waals surface area contributed by atoms with Crippen molar-refractivity contribution in [2.24, 2.45) is 0 Å². The van der Waals surface area contributed by atoms with E-state index in [1.54, 1.807) is 19.3 Å². The van der Waals surface area contributed by atoms with Crippen molar-refractivity contribution in [1.29, 1.82) is 0 Å². The molecule has 1 amide bonds. The molecule has 6 heteroatoms. The van der Waals surface area contributed by atoms with Crippen LogP contribution in [0.1, 0.15) is 18.1 Å². The molecule has 0 aliphatic carbocycles. The molecule has 3 rings (SSSR count). The average Bonchev–Trinajstić information content (AvgIpc) is 3.10. The number of imidazole rings is 1. The lowest BCUT2D eigenvalue weighted by atomic mass is 9.95. The second kappa shape index (κ2) is 7.72. The second-order valence-corrected chi connectivity index (χ2v) is 6.43. The fourth-order valence-corrected chi connectivity index (χ4v) is 2.89. The smallest absolute Gasteiger partial charge is 0.263 e. The first kappa shape index (κ1) is 18.2. The van der Waals surface area contributed by atoms with Crippen LogP contribution in [0.3, 0.4) is 0 Å². The number of nitrogens with one attached hydrogen (secondary N) is 1. The largest absolute Gasteiger partial charge is 0.364 e. The highest BCUT2D eigenvalue weighted by Crippen LogP contribution is 2.26. The second-order valence-electron chi connectivity index (χ2n) is 6.03. The Morgan fingerprint density at radius 2 is 1.88 bits per heavy atom. The standard InChI is InChI=1S/C20H20ClN3O2/c1-20(26-2,16-9-4-3-5-10-16)18(25)23-19-22-12-13-24(19)14-15-8-6-7-11-17(15)21/h3-13H,14H2,1-2H3,(H,22,23,25). The third-order valence-corrected chi connectivity index (χ3v) is 4.77. The van der Waals surface area contributed by atoms with Gasteiger partial charge in [0.15, 0.2) is 5.60 Å². The summed E-state index contributed by atoms with van der Waals surface area (Å²) in [6, 6.07) is 16.9. The number of rotatable bonds is 6. The van der Waals surface area contributed by atoms with Gasteiger partial charge in [-0.3, -0.25) is 10.1 Å². The number of benzene rings is 2. The van der Waals surface area contributed by atoms with Crippen LogP contribution in [0.4, 0.5) is 5.95 Å². The number of aromatic nitrogens is 2. The van der Waals surface area contributed by atoms with Crippen molar-refractivity contribution in [3.8, 4) is 0 Å². The molecule has 1 atom stereocenters. The van der Waals surface area contributed by atoms with Gasteiger partial charge >= 0.3 is 0 Å². The van der Waals surface area contributed by atoms with Crippen molar-refractivity contribution in [3.05, 3.63) is 83.1 Å². The quantitative estimate of drug-likeness (QED) is 0.712. The topological polar surface area (TPSA) is 56.1 Å². The van der Waals surface area contributed by atoms with Crippen LogP contribution in [0.25, 0.3) is 0 Å². The van der Waals surface area contributed by atoms with Gasteiger partial charge in [-0.05, 0) is 24.1 Å². The molecule has 1 heterocycles. The Morgan fingerprint density at radius 1 is 1.19 bits per heavy atom. The average molecular weight is 370 g/mol. The van der Waals surface area contributed by atoms with Gasteiger partial charge in [0.25, 0.3) is 5.91 Å². The van der Waals surface area contributed by atoms with Gasteiger partial charge < -0.3 is 9.30 Å². The molecule has 0 aliphatic heterocycles. The molecule has 0 saturated carbocycles.